The molecule has 8 aliphatic rings. The molecule has 4 aliphatic carbocycles. The van der Waals surface area contributed by atoms with Gasteiger partial charge in [-0.15, -0.1) is 0 Å². The number of ketones is 1. The van der Waals surface area contributed by atoms with E-state index in [-0.39, 0.29) is 65.3 Å². The Morgan fingerprint density at radius 1 is 0.611 bits per heavy atom. The summed E-state index contributed by atoms with van der Waals surface area (Å²) in [5.74, 6) is 0.699. The Bertz CT molecular complexity index is 1780. The Labute approximate surface area is 420 Å². The summed E-state index contributed by atoms with van der Waals surface area (Å²) in [5.41, 5.74) is -0.251. The third-order valence-electron chi connectivity index (χ3n) is 19.0. The Morgan fingerprint density at radius 2 is 1.25 bits per heavy atom. The highest BCUT2D eigenvalue weighted by molar-refractivity contribution is 5.81. The number of rotatable bonds is 16. The monoisotopic (exact) mass is 1040 g/mol. The van der Waals surface area contributed by atoms with E-state index in [1.807, 2.05) is 13.8 Å². The first-order chi connectivity index (χ1) is 34.0. The van der Waals surface area contributed by atoms with Crippen molar-refractivity contribution in [1.82, 2.24) is 0 Å². The number of Topliss-reactive ketones (excluding diaryl/α,β-unsaturated/α-hetero) is 1. The minimum Gasteiger partial charge on any atom is -0.394 e. The molecule has 4 saturated carbocycles. The van der Waals surface area contributed by atoms with Gasteiger partial charge in [0.1, 0.15) is 91.2 Å². The first-order valence-electron chi connectivity index (χ1n) is 26.4. The molecule has 30 atom stereocenters. The number of ether oxygens (including phenoxy) is 8. The highest BCUT2D eigenvalue weighted by Crippen LogP contribution is 2.68. The molecule has 0 unspecified atom stereocenters. The summed E-state index contributed by atoms with van der Waals surface area (Å²) >= 11 is 0. The van der Waals surface area contributed by atoms with Crippen LogP contribution < -0.4 is 0 Å². The summed E-state index contributed by atoms with van der Waals surface area (Å²) in [6.07, 6.45) is -21.6. The van der Waals surface area contributed by atoms with Gasteiger partial charge in [0.05, 0.1) is 44.7 Å². The van der Waals surface area contributed by atoms with E-state index < -0.39 is 143 Å². The van der Waals surface area contributed by atoms with Crippen molar-refractivity contribution < 1.29 is 109 Å². The van der Waals surface area contributed by atoms with E-state index in [1.54, 1.807) is 0 Å². The van der Waals surface area contributed by atoms with Gasteiger partial charge in [-0.3, -0.25) is 4.79 Å². The van der Waals surface area contributed by atoms with Crippen LogP contribution in [0.15, 0.2) is 0 Å². The third-order valence-corrected chi connectivity index (χ3v) is 19.0. The predicted molar refractivity (Wildman–Crippen MR) is 245 cm³/mol. The molecule has 22 heteroatoms. The van der Waals surface area contributed by atoms with Crippen LogP contribution in [0.4, 0.5) is 0 Å². The largest absolute Gasteiger partial charge is 0.394 e. The molecule has 13 N–H and O–H groups in total. The van der Waals surface area contributed by atoms with Crippen molar-refractivity contribution in [2.75, 3.05) is 26.4 Å². The number of carbonyl (C=O) groups is 1. The number of hydrogen-bond acceptors (Lipinski definition) is 22. The molecule has 4 heterocycles. The second-order valence-corrected chi connectivity index (χ2v) is 23.3. The summed E-state index contributed by atoms with van der Waals surface area (Å²) in [4.78, 5) is 13.9. The smallest absolute Gasteiger partial charge is 0.187 e. The van der Waals surface area contributed by atoms with E-state index >= 15 is 0 Å². The molecule has 8 rings (SSSR count). The Kier molecular flexibility index (Phi) is 18.2. The Morgan fingerprint density at radius 3 is 1.96 bits per heavy atom. The third kappa shape index (κ3) is 10.9. The minimum atomic E-state index is -1.75. The Balaban J connectivity index is 0.839. The number of fused-ring (bicyclic) bond motifs is 5. The molecule has 0 bridgehead atoms. The van der Waals surface area contributed by atoms with E-state index in [4.69, 9.17) is 37.9 Å². The van der Waals surface area contributed by atoms with Crippen LogP contribution in [-0.2, 0) is 42.7 Å². The van der Waals surface area contributed by atoms with Crippen molar-refractivity contribution in [3.05, 3.63) is 0 Å². The summed E-state index contributed by atoms with van der Waals surface area (Å²) in [6, 6.07) is 0. The number of aliphatic hydroxyl groups excluding tert-OH is 13. The maximum absolute atomic E-state index is 13.9. The first-order valence-corrected chi connectivity index (χ1v) is 26.4. The van der Waals surface area contributed by atoms with Crippen LogP contribution in [0, 0.1) is 52.3 Å². The molecule has 416 valence electrons. The van der Waals surface area contributed by atoms with Crippen molar-refractivity contribution >= 4 is 5.78 Å². The molecule has 22 nitrogen and oxygen atoms in total. The fraction of sp³-hybridized carbons (Fsp3) is 0.980. The molecule has 0 aromatic heterocycles. The van der Waals surface area contributed by atoms with Gasteiger partial charge in [-0.25, -0.2) is 0 Å². The lowest BCUT2D eigenvalue weighted by Gasteiger charge is -2.61. The van der Waals surface area contributed by atoms with Crippen LogP contribution in [0.3, 0.4) is 0 Å². The quantitative estimate of drug-likeness (QED) is 0.0714. The summed E-state index contributed by atoms with van der Waals surface area (Å²) in [7, 11) is 0. The van der Waals surface area contributed by atoms with Crippen LogP contribution in [0.1, 0.15) is 98.8 Å². The molecule has 72 heavy (non-hydrogen) atoms. The van der Waals surface area contributed by atoms with E-state index in [1.165, 1.54) is 6.92 Å². The standard InChI is InChI=1S/C50H84O22/c1-20(18-65-45-41(63)37(59)36(58)31(16-51)69-45)6-9-28(53)21(2)33-29(54)15-27-25-8-7-23-14-24(10-12-49(23,4)26(25)11-13-50(27,33)5)68-47-42(64)39(61)43(32(17-52)70-47)71-48-44(38(60)34(56)22(3)67-48)72-46-40(62)35(57)30(55)19-66-46/h20-27,29-48,51-52,54-64H,6-19H2,1-5H3/t20-,21-,22+,23+,24+,25-,26+,27+,29-,30-,31-,32-,33+,34+,35+,36-,37+,38-,39-,40-,41-,42-,43-,44-,45-,46+,47-,48+,49+,50+/m1/s1. The van der Waals surface area contributed by atoms with E-state index in [0.29, 0.717) is 37.5 Å². The van der Waals surface area contributed by atoms with Crippen molar-refractivity contribution in [2.24, 2.45) is 52.3 Å². The summed E-state index contributed by atoms with van der Waals surface area (Å²) < 4.78 is 46.7. The van der Waals surface area contributed by atoms with Gasteiger partial charge < -0.3 is 104 Å². The van der Waals surface area contributed by atoms with Gasteiger partial charge in [0.2, 0.25) is 0 Å². The summed E-state index contributed by atoms with van der Waals surface area (Å²) in [6.45, 7) is 8.44. The van der Waals surface area contributed by atoms with E-state index in [2.05, 4.69) is 13.8 Å². The van der Waals surface area contributed by atoms with Crippen molar-refractivity contribution in [3.63, 3.8) is 0 Å². The molecular weight excluding hydrogens is 953 g/mol. The predicted octanol–water partition coefficient (Wildman–Crippen LogP) is -2.45. The number of carbonyl (C=O) groups excluding carboxylic acids is 1. The maximum Gasteiger partial charge on any atom is 0.187 e. The lowest BCUT2D eigenvalue weighted by atomic mass is 9.44. The molecule has 0 amide bonds. The highest BCUT2D eigenvalue weighted by atomic mass is 16.8. The molecule has 4 aliphatic heterocycles. The second-order valence-electron chi connectivity index (χ2n) is 23.3. The number of aliphatic hydroxyl groups is 13. The first kappa shape index (κ1) is 57.0. The Hall–Kier alpha value is -1.17. The molecule has 0 radical (unpaired) electrons. The average Bonchev–Trinajstić information content (AvgIpc) is 3.63. The normalized spacial score (nSPS) is 52.7. The van der Waals surface area contributed by atoms with Gasteiger partial charge in [-0.2, -0.15) is 0 Å². The lowest BCUT2D eigenvalue weighted by molar-refractivity contribution is -0.383. The van der Waals surface area contributed by atoms with Gasteiger partial charge in [0.25, 0.3) is 0 Å². The molecule has 0 aromatic rings. The molecular formula is C50H84O22. The SMILES string of the molecule is C[C@H](CCC(=O)[C@@H](C)[C@H]1[C@H](O)C[C@H]2[C@@H]3CC[C@H]4C[C@@H](O[C@@H]5O[C@H](CO)[C@@H](O[C@@H]6O[C@@H](C)[C@H](O)[C@@H](O)[C@H]6O[C@@H]6OC[C@@H](O)[C@H](O)[C@H]6O)[C@H](O)[C@H]5O)CC[C@]4(C)[C@H]3CC[C@]12C)CO[C@@H]1O[C@H](CO)[C@@H](O)[C@H](O)[C@H]1O. The minimum absolute atomic E-state index is 0.0228. The molecule has 8 fully saturated rings. The zero-order valence-corrected chi connectivity index (χ0v) is 42.1. The fourth-order valence-electron chi connectivity index (χ4n) is 14.7. The van der Waals surface area contributed by atoms with Gasteiger partial charge in [0.15, 0.2) is 25.2 Å². The van der Waals surface area contributed by atoms with Crippen molar-refractivity contribution in [2.45, 2.75) is 228 Å². The highest BCUT2D eigenvalue weighted by Gasteiger charge is 2.64. The van der Waals surface area contributed by atoms with Crippen LogP contribution in [-0.4, -0.2) is 228 Å². The lowest BCUT2D eigenvalue weighted by Crippen LogP contribution is -2.66. The number of hydrogen-bond donors (Lipinski definition) is 13. The zero-order chi connectivity index (χ0) is 52.3. The van der Waals surface area contributed by atoms with Gasteiger partial charge in [-0.1, -0.05) is 27.7 Å². The van der Waals surface area contributed by atoms with Crippen LogP contribution in [0.5, 0.6) is 0 Å². The van der Waals surface area contributed by atoms with Gasteiger partial charge in [0, 0.05) is 12.3 Å². The zero-order valence-electron chi connectivity index (χ0n) is 42.1. The molecule has 0 aromatic carbocycles. The van der Waals surface area contributed by atoms with Crippen molar-refractivity contribution in [3.8, 4) is 0 Å². The van der Waals surface area contributed by atoms with Crippen molar-refractivity contribution in [1.29, 1.82) is 0 Å². The molecule has 4 saturated heterocycles. The van der Waals surface area contributed by atoms with E-state index in [0.717, 1.165) is 32.1 Å². The second kappa shape index (κ2) is 23.0. The maximum atomic E-state index is 13.9. The van der Waals surface area contributed by atoms with Crippen LogP contribution in [0.25, 0.3) is 0 Å². The van der Waals surface area contributed by atoms with Crippen LogP contribution >= 0.6 is 0 Å². The average molecular weight is 1040 g/mol. The molecule has 0 spiro atoms. The summed E-state index contributed by atoms with van der Waals surface area (Å²) in [5, 5.41) is 138. The van der Waals surface area contributed by atoms with Gasteiger partial charge >= 0.3 is 0 Å². The van der Waals surface area contributed by atoms with Gasteiger partial charge in [-0.05, 0) is 111 Å². The van der Waals surface area contributed by atoms with Crippen LogP contribution in [0.2, 0.25) is 0 Å². The fourth-order valence-corrected chi connectivity index (χ4v) is 14.7. The van der Waals surface area contributed by atoms with E-state index in [9.17, 15) is 71.2 Å². The topological polar surface area (TPSA) is 354 Å².